The standard InChI is InChI=1S/C36H57N9O2/c1-35(47)12-3-2-4-17-44-33(46)29-24-38-34(41-32(29)45(44)31-7-5-6-30(35)40-31)39-27-8-10-28(11-9-27)43-20-18-42(19-21-43)25-26-22-36(23-26)13-15-37-16-14-36/h2,4,8-11,26,29-32,34,37-41,47H,3,5-7,12-25H2,1H3. The topological polar surface area (TPSA) is 110 Å². The van der Waals surface area contributed by atoms with Gasteiger partial charge in [0.2, 0.25) is 5.91 Å². The Morgan fingerprint density at radius 1 is 0.979 bits per heavy atom. The summed E-state index contributed by atoms with van der Waals surface area (Å²) in [4.78, 5) is 18.9. The number of allylic oxidation sites excluding steroid dienone is 1. The van der Waals surface area contributed by atoms with Crippen LogP contribution < -0.4 is 31.5 Å². The second-order valence-corrected chi connectivity index (χ2v) is 15.9. The van der Waals surface area contributed by atoms with E-state index in [0.717, 1.165) is 69.9 Å². The van der Waals surface area contributed by atoms with E-state index in [9.17, 15) is 9.90 Å². The Morgan fingerprint density at radius 3 is 2.55 bits per heavy atom. The molecule has 6 N–H and O–H groups in total. The quantitative estimate of drug-likeness (QED) is 0.266. The molecule has 8 rings (SSSR count). The number of nitrogens with one attached hydrogen (secondary N) is 5. The normalized spacial score (nSPS) is 36.8. The highest BCUT2D eigenvalue weighted by atomic mass is 16.3. The van der Waals surface area contributed by atoms with Crippen molar-refractivity contribution < 1.29 is 9.90 Å². The molecule has 7 aliphatic rings. The van der Waals surface area contributed by atoms with Gasteiger partial charge in [-0.3, -0.25) is 30.7 Å². The van der Waals surface area contributed by atoms with Gasteiger partial charge in [-0.15, -0.1) is 0 Å². The molecular formula is C36H57N9O2. The molecule has 6 fully saturated rings. The van der Waals surface area contributed by atoms with Gasteiger partial charge in [0.05, 0.1) is 30.4 Å². The average Bonchev–Trinajstić information content (AvgIpc) is 3.34. The number of benzene rings is 1. The van der Waals surface area contributed by atoms with Gasteiger partial charge in [0, 0.05) is 56.7 Å². The van der Waals surface area contributed by atoms with E-state index >= 15 is 0 Å². The van der Waals surface area contributed by atoms with Crippen molar-refractivity contribution in [2.45, 2.75) is 95.0 Å². The molecule has 11 heteroatoms. The number of nitrogens with zero attached hydrogens (tertiary/aromatic N) is 4. The summed E-state index contributed by atoms with van der Waals surface area (Å²) in [6.07, 6.45) is 14.0. The van der Waals surface area contributed by atoms with Crippen LogP contribution in [-0.4, -0.2) is 115 Å². The molecule has 47 heavy (non-hydrogen) atoms. The molecule has 6 aliphatic heterocycles. The molecular weight excluding hydrogens is 590 g/mol. The first kappa shape index (κ1) is 32.0. The number of fused-ring (bicyclic) bond motifs is 6. The van der Waals surface area contributed by atoms with E-state index in [1.54, 1.807) is 0 Å². The Bertz CT molecular complexity index is 1270. The van der Waals surface area contributed by atoms with E-state index in [0.29, 0.717) is 18.5 Å². The van der Waals surface area contributed by atoms with Crippen LogP contribution in [0.4, 0.5) is 11.4 Å². The zero-order chi connectivity index (χ0) is 32.0. The van der Waals surface area contributed by atoms with Crippen LogP contribution in [0.5, 0.6) is 0 Å². The Kier molecular flexibility index (Phi) is 9.00. The molecule has 6 heterocycles. The summed E-state index contributed by atoms with van der Waals surface area (Å²) in [6, 6.07) is 8.87. The highest BCUT2D eigenvalue weighted by Crippen LogP contribution is 2.51. The van der Waals surface area contributed by atoms with Crippen molar-refractivity contribution in [1.82, 2.24) is 36.2 Å². The van der Waals surface area contributed by atoms with Gasteiger partial charge in [0.1, 0.15) is 6.29 Å². The minimum Gasteiger partial charge on any atom is -0.389 e. The van der Waals surface area contributed by atoms with Crippen molar-refractivity contribution in [2.75, 3.05) is 69.1 Å². The molecule has 11 nitrogen and oxygen atoms in total. The summed E-state index contributed by atoms with van der Waals surface area (Å²) in [5.74, 6) is 0.901. The van der Waals surface area contributed by atoms with Crippen LogP contribution in [0.1, 0.15) is 64.7 Å². The number of hydrogen-bond donors (Lipinski definition) is 6. The molecule has 6 atom stereocenters. The maximum Gasteiger partial charge on any atom is 0.244 e. The molecule has 0 radical (unpaired) electrons. The molecule has 258 valence electrons. The zero-order valence-electron chi connectivity index (χ0n) is 28.3. The molecule has 2 bridgehead atoms. The summed E-state index contributed by atoms with van der Waals surface area (Å²) in [5, 5.41) is 33.7. The maximum atomic E-state index is 13.7. The lowest BCUT2D eigenvalue weighted by atomic mass is 9.57. The summed E-state index contributed by atoms with van der Waals surface area (Å²) < 4.78 is 0. The van der Waals surface area contributed by atoms with Crippen LogP contribution in [0.15, 0.2) is 36.4 Å². The van der Waals surface area contributed by atoms with Crippen molar-refractivity contribution in [3.63, 3.8) is 0 Å². The minimum atomic E-state index is -0.779. The van der Waals surface area contributed by atoms with Gasteiger partial charge in [-0.1, -0.05) is 12.2 Å². The average molecular weight is 648 g/mol. The fraction of sp³-hybridized carbons (Fsp3) is 0.750. The smallest absolute Gasteiger partial charge is 0.244 e. The van der Waals surface area contributed by atoms with Crippen LogP contribution in [0.2, 0.25) is 0 Å². The molecule has 1 saturated carbocycles. The lowest BCUT2D eigenvalue weighted by molar-refractivity contribution is -0.146. The second-order valence-electron chi connectivity index (χ2n) is 15.9. The van der Waals surface area contributed by atoms with Crippen molar-refractivity contribution in [3.8, 4) is 0 Å². The summed E-state index contributed by atoms with van der Waals surface area (Å²) >= 11 is 0. The Labute approximate surface area is 280 Å². The molecule has 1 aliphatic carbocycles. The van der Waals surface area contributed by atoms with Crippen LogP contribution in [-0.2, 0) is 4.79 Å². The Morgan fingerprint density at radius 2 is 1.77 bits per heavy atom. The zero-order valence-corrected chi connectivity index (χ0v) is 28.3. The largest absolute Gasteiger partial charge is 0.389 e. The van der Waals surface area contributed by atoms with E-state index in [2.05, 4.69) is 77.8 Å². The Hall–Kier alpha value is -2.25. The fourth-order valence-corrected chi connectivity index (χ4v) is 9.88. The summed E-state index contributed by atoms with van der Waals surface area (Å²) in [6.45, 7) is 11.3. The van der Waals surface area contributed by atoms with Crippen LogP contribution >= 0.6 is 0 Å². The highest BCUT2D eigenvalue weighted by Gasteiger charge is 2.53. The first-order valence-electron chi connectivity index (χ1n) is 18.6. The van der Waals surface area contributed by atoms with E-state index < -0.39 is 5.60 Å². The van der Waals surface area contributed by atoms with Gasteiger partial charge in [-0.25, -0.2) is 0 Å². The second kappa shape index (κ2) is 13.2. The summed E-state index contributed by atoms with van der Waals surface area (Å²) in [5.41, 5.74) is 2.24. The number of piperidine rings is 2. The number of carbonyl (C=O) groups excluding carboxylic acids is 1. The lowest BCUT2D eigenvalue weighted by Crippen LogP contribution is -2.69. The van der Waals surface area contributed by atoms with Crippen molar-refractivity contribution >= 4 is 17.3 Å². The highest BCUT2D eigenvalue weighted by molar-refractivity contribution is 5.82. The predicted octanol–water partition coefficient (Wildman–Crippen LogP) is 2.05. The van der Waals surface area contributed by atoms with Crippen molar-refractivity contribution in [3.05, 3.63) is 36.4 Å². The van der Waals surface area contributed by atoms with Crippen LogP contribution in [0.25, 0.3) is 0 Å². The first-order valence-corrected chi connectivity index (χ1v) is 18.6. The molecule has 6 unspecified atom stereocenters. The van der Waals surface area contributed by atoms with Crippen LogP contribution in [0, 0.1) is 17.3 Å². The lowest BCUT2D eigenvalue weighted by Gasteiger charge is -2.52. The number of anilines is 2. The monoisotopic (exact) mass is 647 g/mol. The fourth-order valence-electron chi connectivity index (χ4n) is 9.88. The number of amides is 1. The number of rotatable bonds is 5. The third kappa shape index (κ3) is 6.57. The van der Waals surface area contributed by atoms with E-state index in [4.69, 9.17) is 0 Å². The molecule has 1 aromatic rings. The molecule has 1 aromatic carbocycles. The number of carbonyl (C=O) groups is 1. The third-order valence-corrected chi connectivity index (χ3v) is 12.6. The van der Waals surface area contributed by atoms with E-state index in [1.165, 1.54) is 51.0 Å². The number of piperazine rings is 1. The summed E-state index contributed by atoms with van der Waals surface area (Å²) in [7, 11) is 0. The van der Waals surface area contributed by atoms with Gasteiger partial charge in [0.25, 0.3) is 0 Å². The minimum absolute atomic E-state index is 0.00326. The number of hydrogen-bond acceptors (Lipinski definition) is 10. The number of aliphatic hydroxyl groups is 1. The predicted molar refractivity (Wildman–Crippen MR) is 185 cm³/mol. The number of hydrazine groups is 1. The van der Waals surface area contributed by atoms with Gasteiger partial charge in [-0.05, 0) is 113 Å². The van der Waals surface area contributed by atoms with Gasteiger partial charge >= 0.3 is 0 Å². The van der Waals surface area contributed by atoms with Gasteiger partial charge in [0.15, 0.2) is 0 Å². The third-order valence-electron chi connectivity index (χ3n) is 12.6. The van der Waals surface area contributed by atoms with Crippen molar-refractivity contribution in [2.24, 2.45) is 17.3 Å². The van der Waals surface area contributed by atoms with Crippen molar-refractivity contribution in [1.29, 1.82) is 0 Å². The van der Waals surface area contributed by atoms with E-state index in [-0.39, 0.29) is 36.5 Å². The molecule has 1 spiro atoms. The SMILES string of the molecule is CC1(O)CCC=CCN2C(=O)C3CNC(Nc4ccc(N5CCN(CC6CC7(CCNCC7)C6)CC5)cc4)NC3N2C2CCCC1N2. The van der Waals surface area contributed by atoms with Crippen LogP contribution in [0.3, 0.4) is 0 Å². The molecule has 0 aromatic heterocycles. The molecule has 5 saturated heterocycles. The van der Waals surface area contributed by atoms with E-state index in [1.807, 2.05) is 11.9 Å². The first-order chi connectivity index (χ1) is 22.9. The molecule has 1 amide bonds. The van der Waals surface area contributed by atoms with Gasteiger partial charge < -0.3 is 20.6 Å². The Balaban J connectivity index is 0.858. The van der Waals surface area contributed by atoms with Gasteiger partial charge in [-0.2, -0.15) is 5.01 Å². The maximum absolute atomic E-state index is 13.7.